The lowest BCUT2D eigenvalue weighted by atomic mass is 10.2. The normalized spacial score (nSPS) is 12.8. The first-order valence-corrected chi connectivity index (χ1v) is 3.54. The largest absolute Gasteiger partial charge is 0.312 e. The van der Waals surface area contributed by atoms with Gasteiger partial charge in [-0.2, -0.15) is 0 Å². The van der Waals surface area contributed by atoms with E-state index in [9.17, 15) is 9.59 Å². The molecule has 0 fully saturated rings. The molecule has 0 aromatic carbocycles. The number of rotatable bonds is 4. The first-order chi connectivity index (χ1) is 5.62. The third-order valence-corrected chi connectivity index (χ3v) is 0.955. The fraction of sp³-hybridized carbons (Fsp3) is 0.500. The van der Waals surface area contributed by atoms with E-state index in [0.717, 1.165) is 25.0 Å². The molecule has 0 aliphatic rings. The molecule has 0 aliphatic heterocycles. The Morgan fingerprint density at radius 2 is 1.25 bits per heavy atom. The molecule has 2 unspecified atom stereocenters. The van der Waals surface area contributed by atoms with Crippen LogP contribution in [0.3, 0.4) is 0 Å². The minimum atomic E-state index is -0.204. The lowest BCUT2D eigenvalue weighted by molar-refractivity contribution is -0.109. The van der Waals surface area contributed by atoms with Crippen molar-refractivity contribution in [1.82, 2.24) is 0 Å². The highest BCUT2D eigenvalue weighted by Crippen LogP contribution is 1.77. The topological polar surface area (TPSA) is 81.8 Å². The predicted molar refractivity (Wildman–Crippen MR) is 52.3 cm³/mol. The van der Waals surface area contributed by atoms with Crippen molar-refractivity contribution in [2.75, 3.05) is 0 Å². The van der Waals surface area contributed by atoms with Gasteiger partial charge >= 0.3 is 0 Å². The number of nitrogens with one attached hydrogen (secondary N) is 2. The van der Waals surface area contributed by atoms with Gasteiger partial charge in [-0.05, 0) is 0 Å². The van der Waals surface area contributed by atoms with Crippen LogP contribution in [0.4, 0.5) is 0 Å². The SMILES string of the molecule is CC(C=N)C=O.CC(C=N)C=O.[HH].[HH]. The summed E-state index contributed by atoms with van der Waals surface area (Å²) in [5.41, 5.74) is 0. The van der Waals surface area contributed by atoms with E-state index in [-0.39, 0.29) is 14.7 Å². The summed E-state index contributed by atoms with van der Waals surface area (Å²) in [7, 11) is 0. The zero-order valence-corrected chi connectivity index (χ0v) is 7.28. The van der Waals surface area contributed by atoms with Crippen LogP contribution in [-0.4, -0.2) is 25.0 Å². The molecular weight excluding hydrogens is 156 g/mol. The third-order valence-electron chi connectivity index (χ3n) is 0.955. The van der Waals surface area contributed by atoms with Crippen molar-refractivity contribution >= 4 is 25.0 Å². The lowest BCUT2D eigenvalue weighted by Gasteiger charge is -1.81. The molecule has 0 aromatic heterocycles. The Hall–Kier alpha value is -1.32. The first-order valence-electron chi connectivity index (χ1n) is 3.54. The summed E-state index contributed by atoms with van der Waals surface area (Å²) in [6.45, 7) is 3.33. The molecule has 0 spiro atoms. The Labute approximate surface area is 75.0 Å². The molecule has 0 aromatic rings. The van der Waals surface area contributed by atoms with Gasteiger partial charge in [0.15, 0.2) is 0 Å². The molecular formula is C8H18N2O2. The monoisotopic (exact) mass is 174 g/mol. The van der Waals surface area contributed by atoms with Gasteiger partial charge in [-0.15, -0.1) is 0 Å². The second-order valence-corrected chi connectivity index (χ2v) is 2.32. The molecule has 0 saturated carbocycles. The van der Waals surface area contributed by atoms with E-state index in [0.29, 0.717) is 0 Å². The van der Waals surface area contributed by atoms with E-state index >= 15 is 0 Å². The Bertz CT molecular complexity index is 131. The van der Waals surface area contributed by atoms with Crippen molar-refractivity contribution in [1.29, 1.82) is 10.8 Å². The van der Waals surface area contributed by atoms with Crippen LogP contribution in [0, 0.1) is 22.7 Å². The first kappa shape index (κ1) is 13.3. The van der Waals surface area contributed by atoms with Crippen LogP contribution >= 0.6 is 0 Å². The Balaban J connectivity index is -0.0000000625. The number of carbonyl (C=O) groups excluding carboxylic acids is 2. The van der Waals surface area contributed by atoms with E-state index in [2.05, 4.69) is 0 Å². The highest BCUT2D eigenvalue weighted by atomic mass is 16.1. The van der Waals surface area contributed by atoms with Crippen molar-refractivity contribution in [2.24, 2.45) is 11.8 Å². The van der Waals surface area contributed by atoms with Crippen LogP contribution in [0.5, 0.6) is 0 Å². The minimum absolute atomic E-state index is 0. The Kier molecular flexibility index (Phi) is 10.7. The highest BCUT2D eigenvalue weighted by Gasteiger charge is 1.86. The molecule has 0 saturated heterocycles. The highest BCUT2D eigenvalue weighted by molar-refractivity contribution is 5.78. The van der Waals surface area contributed by atoms with Crippen molar-refractivity contribution in [3.05, 3.63) is 0 Å². The molecule has 2 atom stereocenters. The number of carbonyl (C=O) groups is 2. The second kappa shape index (κ2) is 9.68. The van der Waals surface area contributed by atoms with Crippen LogP contribution in [0.1, 0.15) is 16.7 Å². The molecule has 72 valence electrons. The summed E-state index contributed by atoms with van der Waals surface area (Å²) in [4.78, 5) is 19.2. The lowest BCUT2D eigenvalue weighted by Crippen LogP contribution is -1.93. The smallest absolute Gasteiger partial charge is 0.128 e. The van der Waals surface area contributed by atoms with E-state index in [4.69, 9.17) is 10.8 Å². The van der Waals surface area contributed by atoms with Gasteiger partial charge in [0.2, 0.25) is 0 Å². The van der Waals surface area contributed by atoms with Gasteiger partial charge in [0.1, 0.15) is 12.6 Å². The van der Waals surface area contributed by atoms with Crippen LogP contribution in [0.25, 0.3) is 0 Å². The molecule has 0 bridgehead atoms. The van der Waals surface area contributed by atoms with Gasteiger partial charge in [-0.1, -0.05) is 13.8 Å². The zero-order valence-electron chi connectivity index (χ0n) is 7.28. The molecule has 0 rings (SSSR count). The quantitative estimate of drug-likeness (QED) is 0.499. The third kappa shape index (κ3) is 11.5. The fourth-order valence-electron chi connectivity index (χ4n) is 0.0786. The van der Waals surface area contributed by atoms with Gasteiger partial charge in [-0.25, -0.2) is 0 Å². The summed E-state index contributed by atoms with van der Waals surface area (Å²) in [5.74, 6) is -0.407. The van der Waals surface area contributed by atoms with Crippen molar-refractivity contribution in [3.63, 3.8) is 0 Å². The average Bonchev–Trinajstić information content (AvgIpc) is 2.16. The summed E-state index contributed by atoms with van der Waals surface area (Å²) in [6.07, 6.45) is 3.67. The van der Waals surface area contributed by atoms with Crippen LogP contribution in [-0.2, 0) is 9.59 Å². The van der Waals surface area contributed by atoms with Crippen molar-refractivity contribution < 1.29 is 12.4 Å². The zero-order chi connectivity index (χ0) is 9.98. The van der Waals surface area contributed by atoms with E-state index in [1.54, 1.807) is 13.8 Å². The fourth-order valence-corrected chi connectivity index (χ4v) is 0.0786. The summed E-state index contributed by atoms with van der Waals surface area (Å²) < 4.78 is 0. The molecule has 4 heteroatoms. The molecule has 12 heavy (non-hydrogen) atoms. The van der Waals surface area contributed by atoms with Gasteiger partial charge in [0.05, 0.1) is 0 Å². The van der Waals surface area contributed by atoms with Gasteiger partial charge in [0, 0.05) is 27.1 Å². The van der Waals surface area contributed by atoms with E-state index in [1.165, 1.54) is 0 Å². The standard InChI is InChI=1S/2C4H7NO.2H2/c2*1-4(2-5)3-6;;/h2*2-5H,1H3;2*1H. The van der Waals surface area contributed by atoms with Crippen molar-refractivity contribution in [2.45, 2.75) is 13.8 Å². The molecule has 0 amide bonds. The Morgan fingerprint density at radius 3 is 1.25 bits per heavy atom. The van der Waals surface area contributed by atoms with Crippen LogP contribution < -0.4 is 0 Å². The maximum atomic E-state index is 9.58. The number of aldehydes is 2. The maximum Gasteiger partial charge on any atom is 0.128 e. The summed E-state index contributed by atoms with van der Waals surface area (Å²) in [6, 6.07) is 0. The van der Waals surface area contributed by atoms with Gasteiger partial charge in [0.25, 0.3) is 0 Å². The van der Waals surface area contributed by atoms with Crippen LogP contribution in [0.15, 0.2) is 0 Å². The predicted octanol–water partition coefficient (Wildman–Crippen LogP) is 1.43. The molecule has 0 radical (unpaired) electrons. The van der Waals surface area contributed by atoms with Gasteiger partial charge < -0.3 is 20.4 Å². The average molecular weight is 174 g/mol. The Morgan fingerprint density at radius 1 is 1.00 bits per heavy atom. The minimum Gasteiger partial charge on any atom is -0.312 e. The van der Waals surface area contributed by atoms with E-state index < -0.39 is 0 Å². The maximum absolute atomic E-state index is 9.58. The molecule has 2 N–H and O–H groups in total. The summed E-state index contributed by atoms with van der Waals surface area (Å²) >= 11 is 0. The number of hydrogen-bond acceptors (Lipinski definition) is 4. The van der Waals surface area contributed by atoms with Crippen molar-refractivity contribution in [3.8, 4) is 0 Å². The van der Waals surface area contributed by atoms with Gasteiger partial charge in [-0.3, -0.25) is 0 Å². The molecule has 4 nitrogen and oxygen atoms in total. The second-order valence-electron chi connectivity index (χ2n) is 2.32. The molecule has 0 aliphatic carbocycles. The summed E-state index contributed by atoms with van der Waals surface area (Å²) in [5, 5.41) is 12.9. The van der Waals surface area contributed by atoms with Crippen LogP contribution in [0.2, 0.25) is 0 Å². The van der Waals surface area contributed by atoms with E-state index in [1.807, 2.05) is 0 Å². The number of hydrogen-bond donors (Lipinski definition) is 2. The molecule has 0 heterocycles.